The minimum atomic E-state index is -7.26. The second-order valence-corrected chi connectivity index (χ2v) is 2.70. The van der Waals surface area contributed by atoms with Gasteiger partial charge in [-0.05, 0) is 0 Å². The molecule has 0 aromatic carbocycles. The van der Waals surface area contributed by atoms with Crippen LogP contribution in [-0.2, 0) is 27.2 Å². The van der Waals surface area contributed by atoms with E-state index in [0.29, 0.717) is 0 Å². The Labute approximate surface area is 32.3 Å². The molecule has 5 nitrogen and oxygen atoms in total. The summed E-state index contributed by atoms with van der Waals surface area (Å²) in [6.07, 6.45) is 0. The van der Waals surface area contributed by atoms with Crippen LogP contribution in [0.15, 0.2) is 0 Å². The molecule has 0 amide bonds. The summed E-state index contributed by atoms with van der Waals surface area (Å²) < 4.78 is 41.8. The molecule has 0 aromatic heterocycles. The molecule has 0 saturated heterocycles. The van der Waals surface area contributed by atoms with E-state index in [2.05, 4.69) is 0 Å². The normalized spacial score (nSPS) is 14.3. The van der Waals surface area contributed by atoms with E-state index in [4.69, 9.17) is 19.5 Å². The van der Waals surface area contributed by atoms with Crippen molar-refractivity contribution in [2.75, 3.05) is 0 Å². The second kappa shape index (κ2) is 0.676. The van der Waals surface area contributed by atoms with Crippen molar-refractivity contribution in [2.24, 2.45) is 0 Å². The number of hydrogen-bond donors (Lipinski definition) is 1. The predicted octanol–water partition coefficient (Wildman–Crippen LogP) is -1.03. The Hall–Kier alpha value is -0.321. The summed E-state index contributed by atoms with van der Waals surface area (Å²) in [5.74, 6) is 0. The van der Waals surface area contributed by atoms with Gasteiger partial charge in [0.05, 0.1) is 0 Å². The quantitative estimate of drug-likeness (QED) is 0.430. The first kappa shape index (κ1) is 5.68. The molecule has 0 spiro atoms. The molecular formula is HMnO5. The van der Waals surface area contributed by atoms with E-state index in [0.717, 1.165) is 0 Å². The van der Waals surface area contributed by atoms with Crippen molar-refractivity contribution in [1.82, 2.24) is 0 Å². The summed E-state index contributed by atoms with van der Waals surface area (Å²) >= 11 is -7.26. The maximum atomic E-state index is 8.72. The molecular weight excluding hydrogens is 135 g/mol. The zero-order valence-electron chi connectivity index (χ0n) is 2.46. The third-order valence-electron chi connectivity index (χ3n) is 0. The minimum absolute atomic E-state index is 6.92. The van der Waals surface area contributed by atoms with Crippen molar-refractivity contribution in [3.63, 3.8) is 0 Å². The SMILES string of the molecule is [O]=[Mn](=[O])(=[O])(=[O])[OH]. The van der Waals surface area contributed by atoms with Crippen molar-refractivity contribution >= 4 is 0 Å². The number of hydrogen-bond acceptors (Lipinski definition) is 4. The summed E-state index contributed by atoms with van der Waals surface area (Å²) in [7, 11) is 0. The van der Waals surface area contributed by atoms with Crippen LogP contribution in [0.5, 0.6) is 0 Å². The van der Waals surface area contributed by atoms with Crippen molar-refractivity contribution in [1.29, 1.82) is 0 Å². The second-order valence-electron chi connectivity index (χ2n) is 0.654. The van der Waals surface area contributed by atoms with E-state index in [1.54, 1.807) is 0 Å². The van der Waals surface area contributed by atoms with Crippen LogP contribution in [0.25, 0.3) is 0 Å². The topological polar surface area (TPSA) is 88.5 Å². The summed E-state index contributed by atoms with van der Waals surface area (Å²) in [6.45, 7) is 0. The van der Waals surface area contributed by atoms with Gasteiger partial charge in [0.2, 0.25) is 0 Å². The van der Waals surface area contributed by atoms with Crippen molar-refractivity contribution in [2.45, 2.75) is 0 Å². The van der Waals surface area contributed by atoms with Crippen LogP contribution in [0.3, 0.4) is 0 Å². The fourth-order valence-corrected chi connectivity index (χ4v) is 0. The van der Waals surface area contributed by atoms with Crippen LogP contribution >= 0.6 is 0 Å². The van der Waals surface area contributed by atoms with Gasteiger partial charge in [-0.2, -0.15) is 0 Å². The molecule has 6 heavy (non-hydrogen) atoms. The predicted molar refractivity (Wildman–Crippen MR) is 4.96 cm³/mol. The molecule has 0 aromatic rings. The Kier molecular flexibility index (Phi) is 0.640. The Bertz CT molecular complexity index is 234. The summed E-state index contributed by atoms with van der Waals surface area (Å²) in [5, 5.41) is 0. The van der Waals surface area contributed by atoms with E-state index < -0.39 is 11.8 Å². The molecule has 6 heteroatoms. The number of rotatable bonds is 0. The molecule has 0 rings (SSSR count). The standard InChI is InChI=1S/Mn.H2O.4O/h;1H2;;;;/q+1;;;;;/p-1. The molecule has 0 bridgehead atoms. The first-order valence-electron chi connectivity index (χ1n) is 0.786. The van der Waals surface area contributed by atoms with Crippen LogP contribution in [0, 0.1) is 0 Å². The molecule has 0 saturated carbocycles. The van der Waals surface area contributed by atoms with Gasteiger partial charge in [-0.25, -0.2) is 0 Å². The average molecular weight is 136 g/mol. The Balaban J connectivity index is 6.26. The molecule has 0 fully saturated rings. The van der Waals surface area contributed by atoms with Crippen LogP contribution < -0.4 is 0 Å². The molecule has 0 aliphatic heterocycles. The zero-order chi connectivity index (χ0) is 5.45. The molecule has 0 atom stereocenters. The monoisotopic (exact) mass is 136 g/mol. The zero-order valence-corrected chi connectivity index (χ0v) is 3.64. The van der Waals surface area contributed by atoms with E-state index >= 15 is 0 Å². The fraction of sp³-hybridized carbons (Fsp3) is 0. The summed E-state index contributed by atoms with van der Waals surface area (Å²) in [5.41, 5.74) is 0. The molecule has 0 heterocycles. The Morgan fingerprint density at radius 1 is 1.00 bits per heavy atom. The third kappa shape index (κ3) is 257. The van der Waals surface area contributed by atoms with Crippen LogP contribution in [0.1, 0.15) is 0 Å². The molecule has 0 aliphatic rings. The first-order valence-corrected chi connectivity index (χ1v) is 3.24. The van der Waals surface area contributed by atoms with Crippen LogP contribution in [0.2, 0.25) is 0 Å². The van der Waals surface area contributed by atoms with Gasteiger partial charge in [0.25, 0.3) is 0 Å². The van der Waals surface area contributed by atoms with Gasteiger partial charge in [0, 0.05) is 0 Å². The fourth-order valence-electron chi connectivity index (χ4n) is 0. The van der Waals surface area contributed by atoms with Gasteiger partial charge < -0.3 is 0 Å². The van der Waals surface area contributed by atoms with Crippen LogP contribution in [0.4, 0.5) is 0 Å². The molecule has 0 unspecified atom stereocenters. The Morgan fingerprint density at radius 3 is 1.00 bits per heavy atom. The average Bonchev–Trinajstić information content (AvgIpc) is 0.650. The van der Waals surface area contributed by atoms with E-state index in [-0.39, 0.29) is 0 Å². The van der Waals surface area contributed by atoms with Gasteiger partial charge >= 0.3 is 31.4 Å². The first-order chi connectivity index (χ1) is 2.24. The maximum absolute atomic E-state index is 8.72. The molecule has 0 aliphatic carbocycles. The van der Waals surface area contributed by atoms with E-state index in [1.807, 2.05) is 0 Å². The van der Waals surface area contributed by atoms with Crippen molar-refractivity contribution in [3.8, 4) is 0 Å². The summed E-state index contributed by atoms with van der Waals surface area (Å²) in [6, 6.07) is 0. The molecule has 0 radical (unpaired) electrons. The molecule has 1 N–H and O–H groups in total. The van der Waals surface area contributed by atoms with Crippen LogP contribution in [-0.4, -0.2) is 4.19 Å². The van der Waals surface area contributed by atoms with Gasteiger partial charge in [-0.3, -0.25) is 0 Å². The van der Waals surface area contributed by atoms with Gasteiger partial charge in [0.15, 0.2) is 0 Å². The van der Waals surface area contributed by atoms with Gasteiger partial charge in [-0.1, -0.05) is 0 Å². The van der Waals surface area contributed by atoms with Gasteiger partial charge in [-0.15, -0.1) is 0 Å². The van der Waals surface area contributed by atoms with Crippen molar-refractivity contribution < 1.29 is 31.4 Å². The summed E-state index contributed by atoms with van der Waals surface area (Å²) in [4.78, 5) is 0. The van der Waals surface area contributed by atoms with E-state index in [9.17, 15) is 0 Å². The Morgan fingerprint density at radius 2 is 1.00 bits per heavy atom. The van der Waals surface area contributed by atoms with Gasteiger partial charge in [0.1, 0.15) is 0 Å². The van der Waals surface area contributed by atoms with Crippen molar-refractivity contribution in [3.05, 3.63) is 0 Å². The third-order valence-corrected chi connectivity index (χ3v) is 0. The van der Waals surface area contributed by atoms with E-state index in [1.165, 1.54) is 0 Å². The molecule has 38 valence electrons.